The van der Waals surface area contributed by atoms with Crippen LogP contribution in [0.1, 0.15) is 11.1 Å². The van der Waals surface area contributed by atoms with Crippen LogP contribution in [0.4, 0.5) is 27.1 Å². The summed E-state index contributed by atoms with van der Waals surface area (Å²) in [6.07, 6.45) is 0. The summed E-state index contributed by atoms with van der Waals surface area (Å²) < 4.78 is 42.5. The van der Waals surface area contributed by atoms with Crippen LogP contribution in [0.3, 0.4) is 0 Å². The molecular weight excluding hydrogens is 465 g/mol. The molecule has 0 saturated carbocycles. The summed E-state index contributed by atoms with van der Waals surface area (Å²) in [5, 5.41) is 29.5. The minimum atomic E-state index is -4.32. The molecule has 1 aromatic heterocycles. The topological polar surface area (TPSA) is 150 Å². The van der Waals surface area contributed by atoms with Gasteiger partial charge in [-0.1, -0.05) is 17.7 Å². The average Bonchev–Trinajstić information content (AvgIpc) is 3.08. The molecule has 3 aromatic carbocycles. The number of non-ortho nitro benzene ring substituents is 1. The number of aromatic hydroxyl groups is 1. The first-order valence-electron chi connectivity index (χ1n) is 9.85. The van der Waals surface area contributed by atoms with Crippen LogP contribution in [0.5, 0.6) is 5.88 Å². The number of nitro benzene ring substituents is 1. The first kappa shape index (κ1) is 22.9. The van der Waals surface area contributed by atoms with E-state index in [1.807, 2.05) is 6.92 Å². The van der Waals surface area contributed by atoms with E-state index in [1.54, 1.807) is 25.1 Å². The molecule has 0 aliphatic heterocycles. The lowest BCUT2D eigenvalue weighted by Crippen LogP contribution is -2.14. The lowest BCUT2D eigenvalue weighted by atomic mass is 10.1. The van der Waals surface area contributed by atoms with Crippen molar-refractivity contribution in [1.82, 2.24) is 4.98 Å². The number of halogens is 1. The fourth-order valence-electron chi connectivity index (χ4n) is 3.38. The third-order valence-electron chi connectivity index (χ3n) is 5.04. The lowest BCUT2D eigenvalue weighted by molar-refractivity contribution is -0.385. The number of sulfonamides is 1. The Labute approximate surface area is 193 Å². The van der Waals surface area contributed by atoms with Gasteiger partial charge in [-0.25, -0.2) is 12.8 Å². The summed E-state index contributed by atoms with van der Waals surface area (Å²) in [4.78, 5) is 12.7. The van der Waals surface area contributed by atoms with Crippen molar-refractivity contribution in [1.29, 1.82) is 0 Å². The van der Waals surface area contributed by atoms with E-state index in [4.69, 9.17) is 0 Å². The van der Waals surface area contributed by atoms with E-state index in [-0.39, 0.29) is 16.8 Å². The number of H-pyrrole nitrogens is 1. The van der Waals surface area contributed by atoms with E-state index < -0.39 is 37.2 Å². The molecule has 174 valence electrons. The van der Waals surface area contributed by atoms with Crippen molar-refractivity contribution < 1.29 is 22.8 Å². The number of aromatic nitrogens is 1. The molecular formula is C22H18FN5O5S. The highest BCUT2D eigenvalue weighted by atomic mass is 32.2. The summed E-state index contributed by atoms with van der Waals surface area (Å²) in [5.41, 5.74) is 1.48. The largest absolute Gasteiger partial charge is 0.493 e. The maximum atomic E-state index is 13.7. The van der Waals surface area contributed by atoms with Crippen LogP contribution in [0.25, 0.3) is 10.9 Å². The minimum absolute atomic E-state index is 0.112. The summed E-state index contributed by atoms with van der Waals surface area (Å²) in [5.74, 6) is -0.969. The van der Waals surface area contributed by atoms with E-state index in [0.29, 0.717) is 16.8 Å². The highest BCUT2D eigenvalue weighted by Crippen LogP contribution is 2.38. The van der Waals surface area contributed by atoms with Gasteiger partial charge in [0, 0.05) is 17.5 Å². The molecule has 0 aliphatic carbocycles. The number of nitrogens with one attached hydrogen (secondary N) is 2. The Morgan fingerprint density at radius 2 is 1.82 bits per heavy atom. The maximum Gasteiger partial charge on any atom is 0.270 e. The fraction of sp³-hybridized carbons (Fsp3) is 0.0909. The molecule has 12 heteroatoms. The standard InChI is InChI=1S/C22H18FN5O5S/c1-12-3-6-17(13(2)9-12)27-34(32,33)20-11-15(28(30)31)5-8-19(20)25-26-21-16-10-14(23)4-7-18(16)24-22(21)29/h3-11,24,27,29H,1-2H3. The predicted molar refractivity (Wildman–Crippen MR) is 124 cm³/mol. The van der Waals surface area contributed by atoms with E-state index >= 15 is 0 Å². The van der Waals surface area contributed by atoms with Crippen molar-refractivity contribution in [2.75, 3.05) is 4.72 Å². The van der Waals surface area contributed by atoms with Gasteiger partial charge in [0.2, 0.25) is 5.88 Å². The third kappa shape index (κ3) is 4.43. The van der Waals surface area contributed by atoms with Crippen molar-refractivity contribution in [3.8, 4) is 5.88 Å². The SMILES string of the molecule is Cc1ccc(NS(=O)(=O)c2cc([N+](=O)[O-])ccc2N=Nc2c(O)[nH]c3ccc(F)cc23)c(C)c1. The first-order chi connectivity index (χ1) is 16.0. The molecule has 0 atom stereocenters. The molecule has 4 aromatic rings. The number of azo groups is 1. The van der Waals surface area contributed by atoms with Gasteiger partial charge < -0.3 is 10.1 Å². The summed E-state index contributed by atoms with van der Waals surface area (Å²) in [6.45, 7) is 3.58. The van der Waals surface area contributed by atoms with E-state index in [2.05, 4.69) is 19.9 Å². The average molecular weight is 483 g/mol. The number of fused-ring (bicyclic) bond motifs is 1. The van der Waals surface area contributed by atoms with Crippen molar-refractivity contribution in [3.63, 3.8) is 0 Å². The van der Waals surface area contributed by atoms with Gasteiger partial charge in [-0.3, -0.25) is 14.8 Å². The molecule has 0 bridgehead atoms. The van der Waals surface area contributed by atoms with Crippen molar-refractivity contribution >= 4 is 43.7 Å². The maximum absolute atomic E-state index is 13.7. The van der Waals surface area contributed by atoms with E-state index in [9.17, 15) is 28.0 Å². The predicted octanol–water partition coefficient (Wildman–Crippen LogP) is 5.75. The van der Waals surface area contributed by atoms with Gasteiger partial charge in [-0.05, 0) is 49.7 Å². The quantitative estimate of drug-likeness (QED) is 0.181. The van der Waals surface area contributed by atoms with Crippen molar-refractivity contribution in [2.45, 2.75) is 18.7 Å². The lowest BCUT2D eigenvalue weighted by Gasteiger charge is -2.12. The smallest absolute Gasteiger partial charge is 0.270 e. The molecule has 3 N–H and O–H groups in total. The molecule has 0 saturated heterocycles. The number of benzene rings is 3. The molecule has 1 heterocycles. The molecule has 0 radical (unpaired) electrons. The molecule has 4 rings (SSSR count). The van der Waals surface area contributed by atoms with Crippen LogP contribution < -0.4 is 4.72 Å². The van der Waals surface area contributed by atoms with Gasteiger partial charge in [0.15, 0.2) is 5.69 Å². The van der Waals surface area contributed by atoms with E-state index in [0.717, 1.165) is 29.8 Å². The second-order valence-corrected chi connectivity index (χ2v) is 9.20. The number of aromatic amines is 1. The third-order valence-corrected chi connectivity index (χ3v) is 6.44. The van der Waals surface area contributed by atoms with Crippen LogP contribution >= 0.6 is 0 Å². The number of hydrogen-bond donors (Lipinski definition) is 3. The number of anilines is 1. The monoisotopic (exact) mass is 483 g/mol. The molecule has 0 spiro atoms. The Hall–Kier alpha value is -4.32. The van der Waals surface area contributed by atoms with E-state index in [1.165, 1.54) is 12.1 Å². The van der Waals surface area contributed by atoms with Crippen LogP contribution in [0.2, 0.25) is 0 Å². The summed E-state index contributed by atoms with van der Waals surface area (Å²) in [7, 11) is -4.32. The van der Waals surface area contributed by atoms with Crippen molar-refractivity contribution in [2.24, 2.45) is 10.2 Å². The van der Waals surface area contributed by atoms with Gasteiger partial charge in [0.25, 0.3) is 15.7 Å². The zero-order valence-electron chi connectivity index (χ0n) is 17.9. The number of nitrogens with zero attached hydrogens (tertiary/aromatic N) is 3. The molecule has 0 fully saturated rings. The highest BCUT2D eigenvalue weighted by molar-refractivity contribution is 7.92. The van der Waals surface area contributed by atoms with Gasteiger partial charge in [-0.2, -0.15) is 0 Å². The number of hydrogen-bond acceptors (Lipinski definition) is 7. The Kier molecular flexibility index (Phi) is 5.75. The fourth-order valence-corrected chi connectivity index (χ4v) is 4.67. The van der Waals surface area contributed by atoms with Gasteiger partial charge in [-0.15, -0.1) is 10.2 Å². The van der Waals surface area contributed by atoms with Crippen LogP contribution in [-0.2, 0) is 10.0 Å². The summed E-state index contributed by atoms with van der Waals surface area (Å²) >= 11 is 0. The molecule has 10 nitrogen and oxygen atoms in total. The Bertz CT molecular complexity index is 1580. The minimum Gasteiger partial charge on any atom is -0.493 e. The number of aryl methyl sites for hydroxylation is 2. The molecule has 0 aliphatic rings. The molecule has 0 unspecified atom stereocenters. The zero-order valence-corrected chi connectivity index (χ0v) is 18.7. The Morgan fingerprint density at radius 3 is 2.53 bits per heavy atom. The molecule has 34 heavy (non-hydrogen) atoms. The number of rotatable bonds is 6. The summed E-state index contributed by atoms with van der Waals surface area (Å²) in [6, 6.07) is 11.9. The normalized spacial score (nSPS) is 11.9. The first-order valence-corrected chi connectivity index (χ1v) is 11.3. The van der Waals surface area contributed by atoms with Crippen molar-refractivity contribution in [3.05, 3.63) is 81.7 Å². The van der Waals surface area contributed by atoms with Crippen LogP contribution in [0, 0.1) is 29.8 Å². The Morgan fingerprint density at radius 1 is 1.06 bits per heavy atom. The zero-order chi connectivity index (χ0) is 24.6. The highest BCUT2D eigenvalue weighted by Gasteiger charge is 2.24. The van der Waals surface area contributed by atoms with Crippen LogP contribution in [0.15, 0.2) is 69.7 Å². The Balaban J connectivity index is 1.81. The number of nitro groups is 1. The van der Waals surface area contributed by atoms with Gasteiger partial charge >= 0.3 is 0 Å². The van der Waals surface area contributed by atoms with Crippen LogP contribution in [-0.4, -0.2) is 23.4 Å². The van der Waals surface area contributed by atoms with Gasteiger partial charge in [0.1, 0.15) is 16.4 Å². The second-order valence-electron chi connectivity index (χ2n) is 7.55. The molecule has 0 amide bonds. The van der Waals surface area contributed by atoms with Gasteiger partial charge in [0.05, 0.1) is 16.1 Å². The second kappa shape index (κ2) is 8.56.